The van der Waals surface area contributed by atoms with E-state index >= 15 is 0 Å². The van der Waals surface area contributed by atoms with E-state index in [1.54, 1.807) is 0 Å². The van der Waals surface area contributed by atoms with Crippen LogP contribution >= 0.6 is 0 Å². The van der Waals surface area contributed by atoms with Crippen molar-refractivity contribution in [3.8, 4) is 0 Å². The van der Waals surface area contributed by atoms with Gasteiger partial charge in [0.25, 0.3) is 0 Å². The monoisotopic (exact) mass is 262 g/mol. The van der Waals surface area contributed by atoms with Gasteiger partial charge in [0.05, 0.1) is 6.42 Å². The van der Waals surface area contributed by atoms with Crippen molar-refractivity contribution in [2.24, 2.45) is 0 Å². The number of carbonyl (C=O) groups is 1. The number of piperazine rings is 1. The van der Waals surface area contributed by atoms with Gasteiger partial charge in [-0.2, -0.15) is 0 Å². The van der Waals surface area contributed by atoms with Crippen LogP contribution in [0.4, 0.5) is 5.69 Å². The summed E-state index contributed by atoms with van der Waals surface area (Å²) in [6.07, 6.45) is 0.200. The first-order chi connectivity index (χ1) is 8.97. The third kappa shape index (κ3) is 3.26. The maximum Gasteiger partial charge on any atom is 0.305 e. The Bertz CT molecular complexity index is 461. The zero-order valence-electron chi connectivity index (χ0n) is 11.8. The molecule has 1 heterocycles. The van der Waals surface area contributed by atoms with E-state index in [1.165, 1.54) is 11.3 Å². The molecular formula is C15H22N2O2. The third-order valence-electron chi connectivity index (χ3n) is 3.86. The molecule has 2 atom stereocenters. The van der Waals surface area contributed by atoms with Gasteiger partial charge >= 0.3 is 5.97 Å². The fourth-order valence-electron chi connectivity index (χ4n) is 2.80. The van der Waals surface area contributed by atoms with E-state index in [0.29, 0.717) is 6.04 Å². The van der Waals surface area contributed by atoms with Crippen molar-refractivity contribution in [2.75, 3.05) is 25.0 Å². The Morgan fingerprint density at radius 2 is 2.16 bits per heavy atom. The Balaban J connectivity index is 2.17. The molecule has 0 aromatic heterocycles. The Morgan fingerprint density at radius 3 is 2.79 bits per heavy atom. The Labute approximate surface area is 114 Å². The molecule has 1 aromatic rings. The van der Waals surface area contributed by atoms with Gasteiger partial charge in [-0.25, -0.2) is 0 Å². The second-order valence-electron chi connectivity index (χ2n) is 5.53. The molecule has 1 aromatic carbocycles. The number of aryl methyl sites for hydroxylation is 1. The molecule has 1 aliphatic rings. The molecule has 0 saturated carbocycles. The number of benzene rings is 1. The first-order valence-electron chi connectivity index (χ1n) is 6.72. The number of likely N-dealkylation sites (N-methyl/N-ethyl adjacent to an activating group) is 1. The van der Waals surface area contributed by atoms with Gasteiger partial charge < -0.3 is 10.0 Å². The van der Waals surface area contributed by atoms with E-state index in [2.05, 4.69) is 47.9 Å². The minimum absolute atomic E-state index is 0.0780. The Hall–Kier alpha value is -1.55. The van der Waals surface area contributed by atoms with Gasteiger partial charge in [-0.05, 0) is 38.6 Å². The van der Waals surface area contributed by atoms with Gasteiger partial charge in [-0.3, -0.25) is 9.69 Å². The SMILES string of the molecule is Cc1cccc(N2CC(CC(=O)O)N(C)CC2C)c1. The van der Waals surface area contributed by atoms with Crippen molar-refractivity contribution in [1.29, 1.82) is 0 Å². The number of nitrogens with zero attached hydrogens (tertiary/aromatic N) is 2. The number of carboxylic acids is 1. The second kappa shape index (κ2) is 5.61. The van der Waals surface area contributed by atoms with Gasteiger partial charge in [0.1, 0.15) is 0 Å². The summed E-state index contributed by atoms with van der Waals surface area (Å²) in [4.78, 5) is 15.4. The molecule has 0 amide bonds. The van der Waals surface area contributed by atoms with Gasteiger partial charge in [0.2, 0.25) is 0 Å². The second-order valence-corrected chi connectivity index (χ2v) is 5.53. The van der Waals surface area contributed by atoms with Crippen molar-refractivity contribution in [3.63, 3.8) is 0 Å². The average Bonchev–Trinajstić information content (AvgIpc) is 2.32. The molecule has 2 unspecified atom stereocenters. The van der Waals surface area contributed by atoms with E-state index in [9.17, 15) is 4.79 Å². The van der Waals surface area contributed by atoms with Crippen LogP contribution in [0.25, 0.3) is 0 Å². The molecule has 1 saturated heterocycles. The molecule has 0 spiro atoms. The standard InChI is InChI=1S/C15H22N2O2/c1-11-5-4-6-13(7-11)17-10-14(8-15(18)19)16(3)9-12(17)2/h4-7,12,14H,8-10H2,1-3H3,(H,18,19). The van der Waals surface area contributed by atoms with Crippen LogP contribution in [-0.4, -0.2) is 48.2 Å². The van der Waals surface area contributed by atoms with Crippen LogP contribution in [0.1, 0.15) is 18.9 Å². The third-order valence-corrected chi connectivity index (χ3v) is 3.86. The van der Waals surface area contributed by atoms with Crippen LogP contribution in [0.3, 0.4) is 0 Å². The lowest BCUT2D eigenvalue weighted by molar-refractivity contribution is -0.138. The number of aliphatic carboxylic acids is 1. The number of rotatable bonds is 3. The zero-order chi connectivity index (χ0) is 14.0. The lowest BCUT2D eigenvalue weighted by atomic mass is 10.0. The summed E-state index contributed by atoms with van der Waals surface area (Å²) in [5, 5.41) is 9.01. The topological polar surface area (TPSA) is 43.8 Å². The number of carboxylic acid groups (broad SMARTS) is 1. The van der Waals surface area contributed by atoms with Gasteiger partial charge in [0, 0.05) is 30.9 Å². The minimum atomic E-state index is -0.726. The molecular weight excluding hydrogens is 240 g/mol. The molecule has 0 radical (unpaired) electrons. The summed E-state index contributed by atoms with van der Waals surface area (Å²) in [7, 11) is 2.01. The Kier molecular flexibility index (Phi) is 4.10. The molecule has 1 N–H and O–H groups in total. The lowest BCUT2D eigenvalue weighted by Crippen LogP contribution is -2.56. The molecule has 104 valence electrons. The van der Waals surface area contributed by atoms with Crippen molar-refractivity contribution < 1.29 is 9.90 Å². The summed E-state index contributed by atoms with van der Waals surface area (Å²) in [5.41, 5.74) is 2.43. The minimum Gasteiger partial charge on any atom is -0.481 e. The molecule has 4 heteroatoms. The summed E-state index contributed by atoms with van der Waals surface area (Å²) >= 11 is 0. The van der Waals surface area contributed by atoms with Crippen molar-refractivity contribution >= 4 is 11.7 Å². The molecule has 19 heavy (non-hydrogen) atoms. The molecule has 0 bridgehead atoms. The number of hydrogen-bond donors (Lipinski definition) is 1. The quantitative estimate of drug-likeness (QED) is 0.904. The van der Waals surface area contributed by atoms with E-state index in [1.807, 2.05) is 7.05 Å². The summed E-state index contributed by atoms with van der Waals surface area (Å²) < 4.78 is 0. The highest BCUT2D eigenvalue weighted by Crippen LogP contribution is 2.24. The zero-order valence-corrected chi connectivity index (χ0v) is 11.8. The first kappa shape index (κ1) is 13.9. The Morgan fingerprint density at radius 1 is 1.42 bits per heavy atom. The van der Waals surface area contributed by atoms with Crippen LogP contribution < -0.4 is 4.90 Å². The van der Waals surface area contributed by atoms with Crippen LogP contribution in [0, 0.1) is 6.92 Å². The van der Waals surface area contributed by atoms with E-state index in [0.717, 1.165) is 13.1 Å². The fourth-order valence-corrected chi connectivity index (χ4v) is 2.80. The summed E-state index contributed by atoms with van der Waals surface area (Å²) in [6, 6.07) is 8.89. The largest absolute Gasteiger partial charge is 0.481 e. The molecule has 1 fully saturated rings. The van der Waals surface area contributed by atoms with Gasteiger partial charge in [-0.1, -0.05) is 12.1 Å². The maximum absolute atomic E-state index is 10.9. The summed E-state index contributed by atoms with van der Waals surface area (Å²) in [5.74, 6) is -0.726. The lowest BCUT2D eigenvalue weighted by Gasteiger charge is -2.44. The van der Waals surface area contributed by atoms with E-state index < -0.39 is 5.97 Å². The molecule has 4 nitrogen and oxygen atoms in total. The highest BCUT2D eigenvalue weighted by atomic mass is 16.4. The van der Waals surface area contributed by atoms with Crippen LogP contribution in [0.15, 0.2) is 24.3 Å². The predicted molar refractivity (Wildman–Crippen MR) is 76.7 cm³/mol. The van der Waals surface area contributed by atoms with Crippen molar-refractivity contribution in [3.05, 3.63) is 29.8 Å². The molecule has 2 rings (SSSR count). The number of anilines is 1. The normalized spacial score (nSPS) is 24.5. The van der Waals surface area contributed by atoms with E-state index in [-0.39, 0.29) is 12.5 Å². The highest BCUT2D eigenvalue weighted by molar-refractivity contribution is 5.67. The van der Waals surface area contributed by atoms with Crippen LogP contribution in [0.2, 0.25) is 0 Å². The predicted octanol–water partition coefficient (Wildman–Crippen LogP) is 1.98. The molecule has 1 aliphatic heterocycles. The smallest absolute Gasteiger partial charge is 0.305 e. The maximum atomic E-state index is 10.9. The molecule has 0 aliphatic carbocycles. The number of hydrogen-bond acceptors (Lipinski definition) is 3. The average molecular weight is 262 g/mol. The van der Waals surface area contributed by atoms with Crippen LogP contribution in [0.5, 0.6) is 0 Å². The van der Waals surface area contributed by atoms with Crippen molar-refractivity contribution in [1.82, 2.24) is 4.90 Å². The summed E-state index contributed by atoms with van der Waals surface area (Å²) in [6.45, 7) is 5.94. The van der Waals surface area contributed by atoms with Crippen LogP contribution in [-0.2, 0) is 4.79 Å². The van der Waals surface area contributed by atoms with Gasteiger partial charge in [0.15, 0.2) is 0 Å². The first-order valence-corrected chi connectivity index (χ1v) is 6.72. The van der Waals surface area contributed by atoms with Crippen molar-refractivity contribution in [2.45, 2.75) is 32.4 Å². The van der Waals surface area contributed by atoms with E-state index in [4.69, 9.17) is 5.11 Å². The highest BCUT2D eigenvalue weighted by Gasteiger charge is 2.30. The fraction of sp³-hybridized carbons (Fsp3) is 0.533. The van der Waals surface area contributed by atoms with Gasteiger partial charge in [-0.15, -0.1) is 0 Å².